The lowest BCUT2D eigenvalue weighted by Gasteiger charge is -2.20. The van der Waals surface area contributed by atoms with Gasteiger partial charge in [0, 0.05) is 0 Å². The summed E-state index contributed by atoms with van der Waals surface area (Å²) in [6, 6.07) is 7.00. The maximum absolute atomic E-state index is 11.0. The molecular formula is C11H15NO2. The number of carboxylic acids is 1. The second-order valence-electron chi connectivity index (χ2n) is 3.62. The van der Waals surface area contributed by atoms with Crippen molar-refractivity contribution >= 4 is 5.97 Å². The van der Waals surface area contributed by atoms with Crippen molar-refractivity contribution in [2.45, 2.75) is 13.0 Å². The molecule has 1 aromatic carbocycles. The van der Waals surface area contributed by atoms with E-state index in [-0.39, 0.29) is 0 Å². The van der Waals surface area contributed by atoms with Crippen LogP contribution in [-0.2, 0) is 4.79 Å². The molecule has 14 heavy (non-hydrogen) atoms. The normalized spacial score (nSPS) is 12.9. The molecule has 1 atom stereocenters. The van der Waals surface area contributed by atoms with Gasteiger partial charge in [-0.2, -0.15) is 0 Å². The maximum Gasteiger partial charge on any atom is 0.325 e. The van der Waals surface area contributed by atoms with Crippen LogP contribution in [0.4, 0.5) is 0 Å². The standard InChI is InChI=1S/C11H15NO2/c1-8-4-6-9(7-5-8)10(11(13)14)12(2)3/h4-7,10H,1-3H3,(H,13,14)/t10-/m0/s1. The second-order valence-corrected chi connectivity index (χ2v) is 3.62. The zero-order valence-electron chi connectivity index (χ0n) is 8.69. The number of hydrogen-bond donors (Lipinski definition) is 1. The third-order valence-electron chi connectivity index (χ3n) is 2.14. The van der Waals surface area contributed by atoms with Gasteiger partial charge in [0.15, 0.2) is 0 Å². The SMILES string of the molecule is Cc1ccc([C@@H](C(=O)O)N(C)C)cc1. The lowest BCUT2D eigenvalue weighted by Crippen LogP contribution is -2.27. The molecule has 0 fully saturated rings. The maximum atomic E-state index is 11.0. The van der Waals surface area contributed by atoms with Crippen LogP contribution in [0.25, 0.3) is 0 Å². The Bertz CT molecular complexity index is 317. The molecule has 0 bridgehead atoms. The molecule has 0 spiro atoms. The highest BCUT2D eigenvalue weighted by molar-refractivity contribution is 5.75. The largest absolute Gasteiger partial charge is 0.480 e. The van der Waals surface area contributed by atoms with Crippen molar-refractivity contribution < 1.29 is 9.90 Å². The third kappa shape index (κ3) is 2.33. The Kier molecular flexibility index (Phi) is 3.25. The summed E-state index contributed by atoms with van der Waals surface area (Å²) < 4.78 is 0. The van der Waals surface area contributed by atoms with Crippen molar-refractivity contribution in [3.8, 4) is 0 Å². The van der Waals surface area contributed by atoms with E-state index in [4.69, 9.17) is 5.11 Å². The topological polar surface area (TPSA) is 40.5 Å². The summed E-state index contributed by atoms with van der Waals surface area (Å²) in [6.07, 6.45) is 0. The van der Waals surface area contributed by atoms with Crippen LogP contribution in [0, 0.1) is 6.92 Å². The number of aliphatic carboxylic acids is 1. The van der Waals surface area contributed by atoms with Gasteiger partial charge in [-0.1, -0.05) is 29.8 Å². The Balaban J connectivity index is 3.00. The van der Waals surface area contributed by atoms with Crippen LogP contribution >= 0.6 is 0 Å². The first-order chi connectivity index (χ1) is 6.52. The molecule has 0 unspecified atom stereocenters. The van der Waals surface area contributed by atoms with Crippen molar-refractivity contribution in [3.05, 3.63) is 35.4 Å². The first kappa shape index (κ1) is 10.7. The van der Waals surface area contributed by atoms with Gasteiger partial charge in [-0.15, -0.1) is 0 Å². The molecule has 3 heteroatoms. The van der Waals surface area contributed by atoms with Crippen LogP contribution < -0.4 is 0 Å². The monoisotopic (exact) mass is 193 g/mol. The molecule has 3 nitrogen and oxygen atoms in total. The average Bonchev–Trinajstić information content (AvgIpc) is 2.07. The molecule has 0 aromatic heterocycles. The molecule has 0 amide bonds. The van der Waals surface area contributed by atoms with Crippen molar-refractivity contribution in [2.75, 3.05) is 14.1 Å². The molecule has 76 valence electrons. The van der Waals surface area contributed by atoms with Gasteiger partial charge in [0.05, 0.1) is 0 Å². The number of nitrogens with zero attached hydrogens (tertiary/aromatic N) is 1. The fourth-order valence-corrected chi connectivity index (χ4v) is 1.41. The second kappa shape index (κ2) is 4.24. The zero-order valence-corrected chi connectivity index (χ0v) is 8.69. The highest BCUT2D eigenvalue weighted by Gasteiger charge is 2.21. The van der Waals surface area contributed by atoms with E-state index in [0.717, 1.165) is 11.1 Å². The van der Waals surface area contributed by atoms with E-state index >= 15 is 0 Å². The highest BCUT2D eigenvalue weighted by atomic mass is 16.4. The Labute approximate surface area is 84.0 Å². The summed E-state index contributed by atoms with van der Waals surface area (Å²) >= 11 is 0. The summed E-state index contributed by atoms with van der Waals surface area (Å²) in [5.41, 5.74) is 1.95. The van der Waals surface area contributed by atoms with Gasteiger partial charge in [-0.3, -0.25) is 9.69 Å². The van der Waals surface area contributed by atoms with E-state index in [1.807, 2.05) is 31.2 Å². The van der Waals surface area contributed by atoms with Crippen LogP contribution in [0.1, 0.15) is 17.2 Å². The molecular weight excluding hydrogens is 178 g/mol. The van der Waals surface area contributed by atoms with E-state index in [0.29, 0.717) is 0 Å². The summed E-state index contributed by atoms with van der Waals surface area (Å²) in [7, 11) is 3.53. The number of likely N-dealkylation sites (N-methyl/N-ethyl adjacent to an activating group) is 1. The van der Waals surface area contributed by atoms with Crippen molar-refractivity contribution in [1.29, 1.82) is 0 Å². The first-order valence-electron chi connectivity index (χ1n) is 4.48. The predicted molar refractivity (Wildman–Crippen MR) is 55.2 cm³/mol. The van der Waals surface area contributed by atoms with E-state index in [2.05, 4.69) is 0 Å². The Morgan fingerprint density at radius 2 is 1.79 bits per heavy atom. The molecule has 1 aromatic rings. The van der Waals surface area contributed by atoms with Crippen LogP contribution in [0.5, 0.6) is 0 Å². The van der Waals surface area contributed by atoms with E-state index in [9.17, 15) is 4.79 Å². The van der Waals surface area contributed by atoms with Crippen LogP contribution in [0.15, 0.2) is 24.3 Å². The molecule has 0 heterocycles. The van der Waals surface area contributed by atoms with Gasteiger partial charge in [0.1, 0.15) is 6.04 Å². The number of carboxylic acid groups (broad SMARTS) is 1. The summed E-state index contributed by atoms with van der Waals surface area (Å²) in [6.45, 7) is 1.98. The summed E-state index contributed by atoms with van der Waals surface area (Å²) in [5, 5.41) is 9.02. The van der Waals surface area contributed by atoms with E-state index < -0.39 is 12.0 Å². The Hall–Kier alpha value is -1.35. The van der Waals surface area contributed by atoms with Gasteiger partial charge in [0.25, 0.3) is 0 Å². The van der Waals surface area contributed by atoms with E-state index in [1.54, 1.807) is 19.0 Å². The number of carbonyl (C=O) groups is 1. The highest BCUT2D eigenvalue weighted by Crippen LogP contribution is 2.18. The molecule has 0 radical (unpaired) electrons. The first-order valence-corrected chi connectivity index (χ1v) is 4.48. The minimum Gasteiger partial charge on any atom is -0.480 e. The quantitative estimate of drug-likeness (QED) is 0.794. The Morgan fingerprint density at radius 1 is 1.29 bits per heavy atom. The van der Waals surface area contributed by atoms with Gasteiger partial charge in [0.2, 0.25) is 0 Å². The van der Waals surface area contributed by atoms with Gasteiger partial charge in [-0.25, -0.2) is 0 Å². The lowest BCUT2D eigenvalue weighted by atomic mass is 10.0. The van der Waals surface area contributed by atoms with Gasteiger partial charge < -0.3 is 5.11 Å². The Morgan fingerprint density at radius 3 is 2.14 bits per heavy atom. The minimum absolute atomic E-state index is 0.560. The van der Waals surface area contributed by atoms with Crippen LogP contribution in [0.2, 0.25) is 0 Å². The number of benzene rings is 1. The summed E-state index contributed by atoms with van der Waals surface area (Å²) in [4.78, 5) is 12.7. The predicted octanol–water partition coefficient (Wildman–Crippen LogP) is 1.68. The smallest absolute Gasteiger partial charge is 0.325 e. The number of rotatable bonds is 3. The fourth-order valence-electron chi connectivity index (χ4n) is 1.41. The molecule has 1 N–H and O–H groups in total. The molecule has 0 aliphatic heterocycles. The molecule has 0 aliphatic carbocycles. The lowest BCUT2D eigenvalue weighted by molar-refractivity contribution is -0.142. The van der Waals surface area contributed by atoms with Crippen molar-refractivity contribution in [1.82, 2.24) is 4.90 Å². The zero-order chi connectivity index (χ0) is 10.7. The number of hydrogen-bond acceptors (Lipinski definition) is 2. The van der Waals surface area contributed by atoms with Crippen molar-refractivity contribution in [3.63, 3.8) is 0 Å². The fraction of sp³-hybridized carbons (Fsp3) is 0.364. The molecule has 1 rings (SSSR count). The molecule has 0 saturated heterocycles. The van der Waals surface area contributed by atoms with E-state index in [1.165, 1.54) is 0 Å². The third-order valence-corrected chi connectivity index (χ3v) is 2.14. The van der Waals surface area contributed by atoms with Gasteiger partial charge >= 0.3 is 5.97 Å². The van der Waals surface area contributed by atoms with Crippen LogP contribution in [0.3, 0.4) is 0 Å². The molecule has 0 saturated carbocycles. The van der Waals surface area contributed by atoms with Gasteiger partial charge in [-0.05, 0) is 26.6 Å². The van der Waals surface area contributed by atoms with Crippen LogP contribution in [-0.4, -0.2) is 30.1 Å². The molecule has 0 aliphatic rings. The minimum atomic E-state index is -0.821. The van der Waals surface area contributed by atoms with Crippen molar-refractivity contribution in [2.24, 2.45) is 0 Å². The summed E-state index contributed by atoms with van der Waals surface area (Å²) in [5.74, 6) is -0.821. The number of aryl methyl sites for hydroxylation is 1. The average molecular weight is 193 g/mol.